The van der Waals surface area contributed by atoms with Gasteiger partial charge in [-0.3, -0.25) is 4.79 Å². The van der Waals surface area contributed by atoms with E-state index in [9.17, 15) is 4.79 Å². The molecule has 0 saturated heterocycles. The van der Waals surface area contributed by atoms with Crippen LogP contribution in [0.4, 0.5) is 0 Å². The molecule has 0 bridgehead atoms. The van der Waals surface area contributed by atoms with E-state index >= 15 is 0 Å². The maximum atomic E-state index is 11.4. The van der Waals surface area contributed by atoms with Crippen LogP contribution in [0.5, 0.6) is 0 Å². The molecule has 0 aliphatic heterocycles. The molecule has 0 unspecified atom stereocenters. The van der Waals surface area contributed by atoms with E-state index in [-0.39, 0.29) is 5.91 Å². The number of rotatable bonds is 8. The molecule has 0 aromatic carbocycles. The third kappa shape index (κ3) is 7.46. The number of hydrogen-bond donors (Lipinski definition) is 2. The minimum atomic E-state index is 0.0753. The summed E-state index contributed by atoms with van der Waals surface area (Å²) >= 11 is 0. The normalized spacial score (nSPS) is 14.6. The summed E-state index contributed by atoms with van der Waals surface area (Å²) in [6, 6.07) is 0.336. The van der Waals surface area contributed by atoms with Gasteiger partial charge in [-0.15, -0.1) is 6.58 Å². The zero-order valence-electron chi connectivity index (χ0n) is 11.0. The number of carbonyl (C=O) groups excluding carboxylic acids is 1. The monoisotopic (exact) mass is 226 g/mol. The van der Waals surface area contributed by atoms with Gasteiger partial charge in [-0.25, -0.2) is 0 Å². The topological polar surface area (TPSA) is 41.1 Å². The van der Waals surface area contributed by atoms with Gasteiger partial charge in [0.25, 0.3) is 0 Å². The van der Waals surface area contributed by atoms with Crippen molar-refractivity contribution in [3.05, 3.63) is 12.7 Å². The van der Waals surface area contributed by atoms with E-state index in [0.717, 1.165) is 13.0 Å². The van der Waals surface area contributed by atoms with Gasteiger partial charge in [0, 0.05) is 12.6 Å². The zero-order chi connectivity index (χ0) is 12.6. The molecule has 0 radical (unpaired) electrons. The van der Waals surface area contributed by atoms with Crippen LogP contribution in [-0.4, -0.2) is 25.0 Å². The van der Waals surface area contributed by atoms with E-state index in [2.05, 4.69) is 44.9 Å². The lowest BCUT2D eigenvalue weighted by Gasteiger charge is -2.20. The molecule has 0 aromatic heterocycles. The molecule has 0 saturated carbocycles. The van der Waals surface area contributed by atoms with Gasteiger partial charge in [0.1, 0.15) is 0 Å². The molecule has 0 aliphatic carbocycles. The molecule has 0 aliphatic rings. The van der Waals surface area contributed by atoms with Gasteiger partial charge < -0.3 is 10.6 Å². The van der Waals surface area contributed by atoms with E-state index in [1.54, 1.807) is 0 Å². The van der Waals surface area contributed by atoms with E-state index < -0.39 is 0 Å². The molecule has 3 nitrogen and oxygen atoms in total. The summed E-state index contributed by atoms with van der Waals surface area (Å²) in [5, 5.41) is 6.12. The number of hydrogen-bond acceptors (Lipinski definition) is 2. The first kappa shape index (κ1) is 15.2. The lowest BCUT2D eigenvalue weighted by molar-refractivity contribution is -0.120. The second-order valence-electron chi connectivity index (χ2n) is 4.87. The van der Waals surface area contributed by atoms with Crippen LogP contribution in [0, 0.1) is 11.8 Å². The quantitative estimate of drug-likeness (QED) is 0.621. The van der Waals surface area contributed by atoms with Gasteiger partial charge in [-0.2, -0.15) is 0 Å². The molecule has 2 atom stereocenters. The maximum absolute atomic E-state index is 11.4. The van der Waals surface area contributed by atoms with E-state index in [1.165, 1.54) is 0 Å². The van der Waals surface area contributed by atoms with Gasteiger partial charge >= 0.3 is 0 Å². The lowest BCUT2D eigenvalue weighted by Crippen LogP contribution is -2.41. The highest BCUT2D eigenvalue weighted by Crippen LogP contribution is 2.07. The fourth-order valence-corrected chi connectivity index (χ4v) is 1.30. The molecular formula is C13H26N2O. The third-order valence-corrected chi connectivity index (χ3v) is 2.68. The predicted molar refractivity (Wildman–Crippen MR) is 69.3 cm³/mol. The standard InChI is InChI=1S/C13H26N2O/c1-6-7-11(4)12(5)14-9-13(16)15-8-10(2)3/h6,10-12,14H,1,7-9H2,2-5H3,(H,15,16)/t11-,12-/m1/s1. The van der Waals surface area contributed by atoms with Crippen molar-refractivity contribution in [1.82, 2.24) is 10.6 Å². The number of allylic oxidation sites excluding steroid dienone is 1. The first-order valence-electron chi connectivity index (χ1n) is 6.08. The Labute approximate surface area is 99.7 Å². The Kier molecular flexibility index (Phi) is 7.90. The number of amides is 1. The average molecular weight is 226 g/mol. The van der Waals surface area contributed by atoms with Crippen molar-refractivity contribution in [1.29, 1.82) is 0 Å². The predicted octanol–water partition coefficient (Wildman–Crippen LogP) is 1.95. The van der Waals surface area contributed by atoms with Crippen molar-refractivity contribution in [3.63, 3.8) is 0 Å². The Hall–Kier alpha value is -0.830. The summed E-state index contributed by atoms with van der Waals surface area (Å²) in [7, 11) is 0. The Morgan fingerprint density at radius 1 is 1.31 bits per heavy atom. The maximum Gasteiger partial charge on any atom is 0.233 e. The Morgan fingerprint density at radius 3 is 2.44 bits per heavy atom. The molecular weight excluding hydrogens is 200 g/mol. The highest BCUT2D eigenvalue weighted by atomic mass is 16.1. The van der Waals surface area contributed by atoms with E-state index in [1.807, 2.05) is 6.08 Å². The van der Waals surface area contributed by atoms with Gasteiger partial charge in [-0.05, 0) is 25.2 Å². The van der Waals surface area contributed by atoms with Crippen LogP contribution in [0.15, 0.2) is 12.7 Å². The van der Waals surface area contributed by atoms with Gasteiger partial charge in [0.2, 0.25) is 5.91 Å². The van der Waals surface area contributed by atoms with Crippen LogP contribution in [-0.2, 0) is 4.79 Å². The minimum Gasteiger partial charge on any atom is -0.355 e. The molecule has 0 aromatic rings. The minimum absolute atomic E-state index is 0.0753. The van der Waals surface area contributed by atoms with Crippen molar-refractivity contribution < 1.29 is 4.79 Å². The molecule has 0 spiro atoms. The molecule has 16 heavy (non-hydrogen) atoms. The molecule has 0 rings (SSSR count). The molecule has 1 amide bonds. The average Bonchev–Trinajstić information content (AvgIpc) is 2.23. The summed E-state index contributed by atoms with van der Waals surface area (Å²) < 4.78 is 0. The number of nitrogens with one attached hydrogen (secondary N) is 2. The molecule has 0 heterocycles. The fourth-order valence-electron chi connectivity index (χ4n) is 1.30. The van der Waals surface area contributed by atoms with Crippen molar-refractivity contribution in [2.24, 2.45) is 11.8 Å². The van der Waals surface area contributed by atoms with Crippen LogP contribution >= 0.6 is 0 Å². The summed E-state index contributed by atoms with van der Waals surface area (Å²) in [5.74, 6) is 1.09. The van der Waals surface area contributed by atoms with Crippen LogP contribution < -0.4 is 10.6 Å². The molecule has 94 valence electrons. The molecule has 2 N–H and O–H groups in total. The molecule has 3 heteroatoms. The SMILES string of the molecule is C=CC[C@@H](C)[C@@H](C)NCC(=O)NCC(C)C. The lowest BCUT2D eigenvalue weighted by atomic mass is 10.00. The number of carbonyl (C=O) groups is 1. The Bertz CT molecular complexity index is 214. The fraction of sp³-hybridized carbons (Fsp3) is 0.769. The van der Waals surface area contributed by atoms with Crippen molar-refractivity contribution >= 4 is 5.91 Å². The summed E-state index contributed by atoms with van der Waals surface area (Å²) in [6.45, 7) is 13.3. The van der Waals surface area contributed by atoms with Gasteiger partial charge in [0.15, 0.2) is 0 Å². The molecule has 0 fully saturated rings. The van der Waals surface area contributed by atoms with Crippen molar-refractivity contribution in [2.45, 2.75) is 40.2 Å². The first-order chi connectivity index (χ1) is 7.47. The van der Waals surface area contributed by atoms with Crippen LogP contribution in [0.2, 0.25) is 0 Å². The highest BCUT2D eigenvalue weighted by molar-refractivity contribution is 5.77. The van der Waals surface area contributed by atoms with Crippen LogP contribution in [0.25, 0.3) is 0 Å². The summed E-state index contributed by atoms with van der Waals surface area (Å²) in [5.41, 5.74) is 0. The van der Waals surface area contributed by atoms with Gasteiger partial charge in [-0.1, -0.05) is 26.8 Å². The Morgan fingerprint density at radius 2 is 1.94 bits per heavy atom. The Balaban J connectivity index is 3.69. The second kappa shape index (κ2) is 8.34. The summed E-state index contributed by atoms with van der Waals surface area (Å²) in [6.07, 6.45) is 2.89. The smallest absolute Gasteiger partial charge is 0.233 e. The third-order valence-electron chi connectivity index (χ3n) is 2.68. The van der Waals surface area contributed by atoms with Crippen LogP contribution in [0.3, 0.4) is 0 Å². The van der Waals surface area contributed by atoms with Crippen LogP contribution in [0.1, 0.15) is 34.1 Å². The van der Waals surface area contributed by atoms with Crippen molar-refractivity contribution in [2.75, 3.05) is 13.1 Å². The van der Waals surface area contributed by atoms with E-state index in [0.29, 0.717) is 24.4 Å². The highest BCUT2D eigenvalue weighted by Gasteiger charge is 2.11. The second-order valence-corrected chi connectivity index (χ2v) is 4.87. The zero-order valence-corrected chi connectivity index (χ0v) is 11.0. The largest absolute Gasteiger partial charge is 0.355 e. The van der Waals surface area contributed by atoms with E-state index in [4.69, 9.17) is 0 Å². The van der Waals surface area contributed by atoms with Crippen molar-refractivity contribution in [3.8, 4) is 0 Å². The first-order valence-corrected chi connectivity index (χ1v) is 6.08. The van der Waals surface area contributed by atoms with Gasteiger partial charge in [0.05, 0.1) is 6.54 Å². The summed E-state index contributed by atoms with van der Waals surface area (Å²) in [4.78, 5) is 11.4.